The smallest absolute Gasteiger partial charge is 0.254 e. The van der Waals surface area contributed by atoms with Crippen LogP contribution in [0.5, 0.6) is 5.88 Å². The SMILES string of the molecule is C#C.Cc1ccc(C(=O)N2CCC[C@@H](Oc3nccc(C#N)c3C)C2)c(C2CC2)c1. The number of aromatic nitrogens is 1. The average Bonchev–Trinajstić information content (AvgIpc) is 3.62. The molecule has 2 heterocycles. The van der Waals surface area contributed by atoms with Crippen LogP contribution in [0.2, 0.25) is 0 Å². The third-order valence-corrected chi connectivity index (χ3v) is 5.68. The lowest BCUT2D eigenvalue weighted by Crippen LogP contribution is -2.44. The number of amides is 1. The Bertz CT molecular complexity index is 986. The topological polar surface area (TPSA) is 66.2 Å². The molecule has 154 valence electrons. The number of hydrogen-bond acceptors (Lipinski definition) is 4. The van der Waals surface area contributed by atoms with Crippen LogP contribution in [0.15, 0.2) is 30.5 Å². The summed E-state index contributed by atoms with van der Waals surface area (Å²) in [6.07, 6.45) is 13.6. The zero-order valence-corrected chi connectivity index (χ0v) is 17.6. The molecule has 5 nitrogen and oxygen atoms in total. The summed E-state index contributed by atoms with van der Waals surface area (Å²) < 4.78 is 6.10. The van der Waals surface area contributed by atoms with Gasteiger partial charge in [-0.25, -0.2) is 4.98 Å². The van der Waals surface area contributed by atoms with E-state index in [4.69, 9.17) is 4.74 Å². The molecular weight excluding hydrogens is 374 g/mol. The van der Waals surface area contributed by atoms with Gasteiger partial charge in [-0.2, -0.15) is 5.26 Å². The predicted octanol–water partition coefficient (Wildman–Crippen LogP) is 4.38. The molecular formula is C25H27N3O2. The summed E-state index contributed by atoms with van der Waals surface area (Å²) in [6.45, 7) is 5.23. The van der Waals surface area contributed by atoms with Gasteiger partial charge in [-0.3, -0.25) is 4.79 Å². The summed E-state index contributed by atoms with van der Waals surface area (Å²) in [5, 5.41) is 9.20. The summed E-state index contributed by atoms with van der Waals surface area (Å²) in [7, 11) is 0. The number of nitrogens with zero attached hydrogens (tertiary/aromatic N) is 3. The predicted molar refractivity (Wildman–Crippen MR) is 116 cm³/mol. The van der Waals surface area contributed by atoms with Crippen molar-refractivity contribution in [1.29, 1.82) is 5.26 Å². The Labute approximate surface area is 178 Å². The highest BCUT2D eigenvalue weighted by Crippen LogP contribution is 2.42. The first-order chi connectivity index (χ1) is 14.6. The van der Waals surface area contributed by atoms with Crippen molar-refractivity contribution >= 4 is 5.91 Å². The van der Waals surface area contributed by atoms with Crippen LogP contribution in [0.4, 0.5) is 0 Å². The van der Waals surface area contributed by atoms with Gasteiger partial charge >= 0.3 is 0 Å². The lowest BCUT2D eigenvalue weighted by atomic mass is 9.98. The molecule has 0 radical (unpaired) electrons. The third kappa shape index (κ3) is 4.63. The fraction of sp³-hybridized carbons (Fsp3) is 0.400. The van der Waals surface area contributed by atoms with Gasteiger partial charge in [0.05, 0.1) is 18.2 Å². The van der Waals surface area contributed by atoms with Crippen molar-refractivity contribution in [3.05, 3.63) is 58.3 Å². The van der Waals surface area contributed by atoms with Gasteiger partial charge in [0, 0.05) is 23.9 Å². The number of aryl methyl sites for hydroxylation is 1. The summed E-state index contributed by atoms with van der Waals surface area (Å²) >= 11 is 0. The number of pyridine rings is 1. The summed E-state index contributed by atoms with van der Waals surface area (Å²) in [4.78, 5) is 19.4. The van der Waals surface area contributed by atoms with Crippen LogP contribution in [-0.4, -0.2) is 35.0 Å². The van der Waals surface area contributed by atoms with Crippen LogP contribution in [-0.2, 0) is 0 Å². The van der Waals surface area contributed by atoms with E-state index in [-0.39, 0.29) is 12.0 Å². The molecule has 2 aliphatic rings. The second kappa shape index (κ2) is 9.46. The highest BCUT2D eigenvalue weighted by molar-refractivity contribution is 5.96. The van der Waals surface area contributed by atoms with Crippen LogP contribution in [0.3, 0.4) is 0 Å². The van der Waals surface area contributed by atoms with Gasteiger partial charge in [0.2, 0.25) is 5.88 Å². The Hall–Kier alpha value is -3.31. The first kappa shape index (κ1) is 21.4. The molecule has 5 heteroatoms. The highest BCUT2D eigenvalue weighted by atomic mass is 16.5. The van der Waals surface area contributed by atoms with E-state index in [0.29, 0.717) is 23.9 Å². The molecule has 1 aromatic heterocycles. The average molecular weight is 402 g/mol. The van der Waals surface area contributed by atoms with Crippen LogP contribution < -0.4 is 4.74 Å². The van der Waals surface area contributed by atoms with Crippen LogP contribution in [0, 0.1) is 38.0 Å². The van der Waals surface area contributed by atoms with Crippen molar-refractivity contribution in [1.82, 2.24) is 9.88 Å². The second-order valence-electron chi connectivity index (χ2n) is 7.90. The number of likely N-dealkylation sites (tertiary alicyclic amines) is 1. The Morgan fingerprint density at radius 1 is 1.23 bits per heavy atom. The summed E-state index contributed by atoms with van der Waals surface area (Å²) in [5.74, 6) is 1.13. The molecule has 4 rings (SSSR count). The number of hydrogen-bond donors (Lipinski definition) is 0. The molecule has 1 saturated heterocycles. The maximum Gasteiger partial charge on any atom is 0.254 e. The van der Waals surface area contributed by atoms with Crippen molar-refractivity contribution in [2.75, 3.05) is 13.1 Å². The molecule has 0 spiro atoms. The zero-order valence-electron chi connectivity index (χ0n) is 17.6. The Morgan fingerprint density at radius 3 is 2.70 bits per heavy atom. The number of piperidine rings is 1. The molecule has 1 aliphatic heterocycles. The molecule has 0 unspecified atom stereocenters. The van der Waals surface area contributed by atoms with Crippen molar-refractivity contribution in [3.63, 3.8) is 0 Å². The second-order valence-corrected chi connectivity index (χ2v) is 7.90. The van der Waals surface area contributed by atoms with Crippen molar-refractivity contribution in [2.24, 2.45) is 0 Å². The van der Waals surface area contributed by atoms with Gasteiger partial charge in [0.25, 0.3) is 5.91 Å². The van der Waals surface area contributed by atoms with Gasteiger partial charge in [0.1, 0.15) is 6.10 Å². The third-order valence-electron chi connectivity index (χ3n) is 5.68. The molecule has 1 saturated carbocycles. The van der Waals surface area contributed by atoms with E-state index in [1.54, 1.807) is 12.3 Å². The number of rotatable bonds is 4. The standard InChI is InChI=1S/C23H25N3O2.C2H2/c1-15-5-8-20(21(12-15)17-6-7-17)23(27)26-11-3-4-19(14-26)28-22-16(2)18(13-24)9-10-25-22;1-2/h5,8-10,12,17,19H,3-4,6-7,11,14H2,1-2H3;1-2H/t19-;/m1./s1. The number of benzene rings is 1. The van der Waals surface area contributed by atoms with Gasteiger partial charge < -0.3 is 9.64 Å². The van der Waals surface area contributed by atoms with Crippen LogP contribution in [0.25, 0.3) is 0 Å². The van der Waals surface area contributed by atoms with Crippen molar-refractivity contribution in [2.45, 2.75) is 51.6 Å². The molecule has 2 fully saturated rings. The van der Waals surface area contributed by atoms with E-state index < -0.39 is 0 Å². The minimum atomic E-state index is -0.104. The lowest BCUT2D eigenvalue weighted by molar-refractivity contribution is 0.0525. The zero-order chi connectivity index (χ0) is 21.7. The van der Waals surface area contributed by atoms with E-state index >= 15 is 0 Å². The number of nitriles is 1. The maximum absolute atomic E-state index is 13.2. The minimum Gasteiger partial charge on any atom is -0.472 e. The van der Waals surface area contributed by atoms with E-state index in [1.165, 1.54) is 24.0 Å². The van der Waals surface area contributed by atoms with Gasteiger partial charge in [0.15, 0.2) is 0 Å². The molecule has 0 bridgehead atoms. The number of terminal acetylenes is 1. The number of carbonyl (C=O) groups is 1. The Morgan fingerprint density at radius 2 is 2.00 bits per heavy atom. The summed E-state index contributed by atoms with van der Waals surface area (Å²) in [6, 6.07) is 10.0. The van der Waals surface area contributed by atoms with E-state index in [2.05, 4.69) is 36.9 Å². The number of carbonyl (C=O) groups excluding carboxylic acids is 1. The minimum absolute atomic E-state index is 0.102. The molecule has 1 amide bonds. The van der Waals surface area contributed by atoms with Crippen LogP contribution in [0.1, 0.15) is 64.2 Å². The Kier molecular flexibility index (Phi) is 6.75. The van der Waals surface area contributed by atoms with Crippen molar-refractivity contribution < 1.29 is 9.53 Å². The van der Waals surface area contributed by atoms with Gasteiger partial charge in [-0.05, 0) is 63.1 Å². The highest BCUT2D eigenvalue weighted by Gasteiger charge is 2.32. The van der Waals surface area contributed by atoms with E-state index in [0.717, 1.165) is 30.5 Å². The molecule has 1 aliphatic carbocycles. The van der Waals surface area contributed by atoms with E-state index in [1.807, 2.05) is 24.0 Å². The lowest BCUT2D eigenvalue weighted by Gasteiger charge is -2.33. The monoisotopic (exact) mass is 401 g/mol. The maximum atomic E-state index is 13.2. The molecule has 0 N–H and O–H groups in total. The van der Waals surface area contributed by atoms with Crippen molar-refractivity contribution in [3.8, 4) is 24.8 Å². The molecule has 1 aromatic carbocycles. The van der Waals surface area contributed by atoms with Gasteiger partial charge in [-0.1, -0.05) is 17.7 Å². The molecule has 2 aromatic rings. The Balaban J connectivity index is 0.00000124. The fourth-order valence-electron chi connectivity index (χ4n) is 3.91. The fourth-order valence-corrected chi connectivity index (χ4v) is 3.91. The normalized spacial score (nSPS) is 18.0. The molecule has 1 atom stereocenters. The quantitative estimate of drug-likeness (QED) is 0.713. The number of ether oxygens (including phenoxy) is 1. The van der Waals surface area contributed by atoms with Gasteiger partial charge in [-0.15, -0.1) is 12.8 Å². The first-order valence-corrected chi connectivity index (χ1v) is 10.3. The van der Waals surface area contributed by atoms with Crippen LogP contribution >= 0.6 is 0 Å². The van der Waals surface area contributed by atoms with E-state index in [9.17, 15) is 10.1 Å². The first-order valence-electron chi connectivity index (χ1n) is 10.3. The largest absolute Gasteiger partial charge is 0.472 e. The molecule has 30 heavy (non-hydrogen) atoms. The summed E-state index contributed by atoms with van der Waals surface area (Å²) in [5.41, 5.74) is 4.57.